The molecule has 0 aromatic heterocycles. The third kappa shape index (κ3) is 3.06. The molecule has 0 saturated heterocycles. The molecule has 0 radical (unpaired) electrons. The predicted octanol–water partition coefficient (Wildman–Crippen LogP) is 4.05. The number of ether oxygens (including phenoxy) is 1. The number of benzene rings is 2. The van der Waals surface area contributed by atoms with Gasteiger partial charge >= 0.3 is 0 Å². The fourth-order valence-electron chi connectivity index (χ4n) is 2.40. The Morgan fingerprint density at radius 2 is 2.14 bits per heavy atom. The second kappa shape index (κ2) is 6.08. The molecule has 5 heteroatoms. The van der Waals surface area contributed by atoms with Gasteiger partial charge in [0.1, 0.15) is 12.4 Å². The molecule has 0 unspecified atom stereocenters. The smallest absolute Gasteiger partial charge is 0.214 e. The minimum atomic E-state index is 0.530. The molecule has 0 saturated carbocycles. The summed E-state index contributed by atoms with van der Waals surface area (Å²) in [5.74, 6) is 0.748. The van der Waals surface area contributed by atoms with Gasteiger partial charge in [0.15, 0.2) is 0 Å². The average molecular weight is 367 g/mol. The predicted molar refractivity (Wildman–Crippen MR) is 87.3 cm³/mol. The third-order valence-electron chi connectivity index (χ3n) is 3.45. The van der Waals surface area contributed by atoms with Crippen LogP contribution in [0, 0.1) is 0 Å². The van der Waals surface area contributed by atoms with Crippen molar-refractivity contribution >= 4 is 39.6 Å². The highest BCUT2D eigenvalue weighted by molar-refractivity contribution is 9.10. The summed E-state index contributed by atoms with van der Waals surface area (Å²) in [5.41, 5.74) is 2.95. The highest BCUT2D eigenvalue weighted by Crippen LogP contribution is 2.33. The van der Waals surface area contributed by atoms with E-state index in [-0.39, 0.29) is 0 Å². The zero-order chi connectivity index (χ0) is 14.8. The largest absolute Gasteiger partial charge is 0.490 e. The molecule has 1 amide bonds. The Labute approximate surface area is 136 Å². The lowest BCUT2D eigenvalue weighted by Crippen LogP contribution is -2.31. The molecule has 3 nitrogen and oxygen atoms in total. The Balaban J connectivity index is 1.93. The fraction of sp³-hybridized carbons (Fsp3) is 0.188. The van der Waals surface area contributed by atoms with Crippen LogP contribution in [0.15, 0.2) is 40.9 Å². The van der Waals surface area contributed by atoms with Crippen molar-refractivity contribution in [3.05, 3.63) is 57.0 Å². The molecule has 0 N–H and O–H groups in total. The SMILES string of the molecule is O=CN1CCOc2ccc(Cc3cc(Br)ccc3Cl)cc21. The summed E-state index contributed by atoms with van der Waals surface area (Å²) in [6, 6.07) is 11.7. The minimum absolute atomic E-state index is 0.530. The topological polar surface area (TPSA) is 29.5 Å². The van der Waals surface area contributed by atoms with E-state index in [4.69, 9.17) is 16.3 Å². The van der Waals surface area contributed by atoms with Crippen molar-refractivity contribution < 1.29 is 9.53 Å². The highest BCUT2D eigenvalue weighted by atomic mass is 79.9. The summed E-state index contributed by atoms with van der Waals surface area (Å²) < 4.78 is 6.57. The Hall–Kier alpha value is -1.52. The van der Waals surface area contributed by atoms with Gasteiger partial charge in [-0.05, 0) is 47.9 Å². The first-order valence-corrected chi connectivity index (χ1v) is 7.76. The number of nitrogens with zero attached hydrogens (tertiary/aromatic N) is 1. The van der Waals surface area contributed by atoms with Gasteiger partial charge < -0.3 is 9.64 Å². The minimum Gasteiger partial charge on any atom is -0.490 e. The van der Waals surface area contributed by atoms with Gasteiger partial charge in [-0.1, -0.05) is 33.6 Å². The summed E-state index contributed by atoms with van der Waals surface area (Å²) in [6.07, 6.45) is 1.55. The van der Waals surface area contributed by atoms with Gasteiger partial charge in [0.2, 0.25) is 6.41 Å². The second-order valence-corrected chi connectivity index (χ2v) is 6.18. The maximum absolute atomic E-state index is 11.1. The first-order chi connectivity index (χ1) is 10.2. The van der Waals surface area contributed by atoms with E-state index in [0.29, 0.717) is 19.6 Å². The summed E-state index contributed by atoms with van der Waals surface area (Å²) in [6.45, 7) is 1.11. The van der Waals surface area contributed by atoms with Gasteiger partial charge in [-0.3, -0.25) is 4.79 Å². The molecule has 0 spiro atoms. The van der Waals surface area contributed by atoms with E-state index < -0.39 is 0 Å². The molecular weight excluding hydrogens is 354 g/mol. The van der Waals surface area contributed by atoms with Crippen molar-refractivity contribution in [2.24, 2.45) is 0 Å². The Bertz CT molecular complexity index is 690. The van der Waals surface area contributed by atoms with E-state index in [1.54, 1.807) is 4.90 Å². The quantitative estimate of drug-likeness (QED) is 0.767. The van der Waals surface area contributed by atoms with Gasteiger partial charge in [-0.25, -0.2) is 0 Å². The summed E-state index contributed by atoms with van der Waals surface area (Å²) in [4.78, 5) is 12.8. The number of hydrogen-bond acceptors (Lipinski definition) is 2. The van der Waals surface area contributed by atoms with E-state index in [0.717, 1.165) is 38.5 Å². The van der Waals surface area contributed by atoms with Crippen LogP contribution < -0.4 is 9.64 Å². The normalized spacial score (nSPS) is 13.5. The number of carbonyl (C=O) groups is 1. The molecule has 0 atom stereocenters. The third-order valence-corrected chi connectivity index (χ3v) is 4.31. The number of carbonyl (C=O) groups excluding carboxylic acids is 1. The van der Waals surface area contributed by atoms with Crippen LogP contribution in [0.3, 0.4) is 0 Å². The number of halogens is 2. The van der Waals surface area contributed by atoms with Gasteiger partial charge in [0.05, 0.1) is 12.2 Å². The van der Waals surface area contributed by atoms with Crippen LogP contribution in [-0.2, 0) is 11.2 Å². The maximum atomic E-state index is 11.1. The Kier molecular flexibility index (Phi) is 4.17. The van der Waals surface area contributed by atoms with E-state index in [1.807, 2.05) is 36.4 Å². The molecule has 3 rings (SSSR count). The first kappa shape index (κ1) is 14.4. The molecule has 0 aliphatic carbocycles. The molecule has 0 bridgehead atoms. The van der Waals surface area contributed by atoms with Crippen LogP contribution in [-0.4, -0.2) is 19.6 Å². The van der Waals surface area contributed by atoms with Crippen LogP contribution >= 0.6 is 27.5 Å². The highest BCUT2D eigenvalue weighted by Gasteiger charge is 2.18. The average Bonchev–Trinajstić information content (AvgIpc) is 2.50. The van der Waals surface area contributed by atoms with Gasteiger partial charge in [0, 0.05) is 9.50 Å². The van der Waals surface area contributed by atoms with Crippen molar-refractivity contribution in [2.75, 3.05) is 18.1 Å². The second-order valence-electron chi connectivity index (χ2n) is 4.86. The molecule has 0 fully saturated rings. The van der Waals surface area contributed by atoms with E-state index in [2.05, 4.69) is 15.9 Å². The van der Waals surface area contributed by atoms with E-state index >= 15 is 0 Å². The lowest BCUT2D eigenvalue weighted by Gasteiger charge is -2.26. The number of amides is 1. The van der Waals surface area contributed by atoms with Crippen LogP contribution in [0.1, 0.15) is 11.1 Å². The maximum Gasteiger partial charge on any atom is 0.214 e. The van der Waals surface area contributed by atoms with Gasteiger partial charge in [-0.15, -0.1) is 0 Å². The molecule has 108 valence electrons. The van der Waals surface area contributed by atoms with Crippen molar-refractivity contribution in [1.29, 1.82) is 0 Å². The van der Waals surface area contributed by atoms with Crippen molar-refractivity contribution in [3.63, 3.8) is 0 Å². The Morgan fingerprint density at radius 3 is 2.95 bits per heavy atom. The number of fused-ring (bicyclic) bond motifs is 1. The lowest BCUT2D eigenvalue weighted by molar-refractivity contribution is -0.107. The first-order valence-electron chi connectivity index (χ1n) is 6.59. The number of anilines is 1. The monoisotopic (exact) mass is 365 g/mol. The Morgan fingerprint density at radius 1 is 1.29 bits per heavy atom. The van der Waals surface area contributed by atoms with Crippen LogP contribution in [0.2, 0.25) is 5.02 Å². The fourth-order valence-corrected chi connectivity index (χ4v) is 2.99. The number of hydrogen-bond donors (Lipinski definition) is 0. The van der Waals surface area contributed by atoms with Gasteiger partial charge in [-0.2, -0.15) is 0 Å². The van der Waals surface area contributed by atoms with E-state index in [9.17, 15) is 4.79 Å². The summed E-state index contributed by atoms with van der Waals surface area (Å²) in [7, 11) is 0. The van der Waals surface area contributed by atoms with Gasteiger partial charge in [0.25, 0.3) is 0 Å². The van der Waals surface area contributed by atoms with Crippen LogP contribution in [0.25, 0.3) is 0 Å². The summed E-state index contributed by atoms with van der Waals surface area (Å²) >= 11 is 9.69. The molecular formula is C16H13BrClNO2. The molecule has 1 heterocycles. The molecule has 1 aliphatic rings. The zero-order valence-electron chi connectivity index (χ0n) is 11.2. The molecule has 1 aliphatic heterocycles. The van der Waals surface area contributed by atoms with Crippen LogP contribution in [0.5, 0.6) is 5.75 Å². The van der Waals surface area contributed by atoms with Crippen molar-refractivity contribution in [3.8, 4) is 5.75 Å². The van der Waals surface area contributed by atoms with Crippen LogP contribution in [0.4, 0.5) is 5.69 Å². The standard InChI is InChI=1S/C16H13BrClNO2/c17-13-2-3-14(18)12(9-13)7-11-1-4-16-15(8-11)19(10-20)5-6-21-16/h1-4,8-10H,5-7H2. The molecule has 2 aromatic carbocycles. The summed E-state index contributed by atoms with van der Waals surface area (Å²) in [5, 5.41) is 0.736. The number of rotatable bonds is 3. The lowest BCUT2D eigenvalue weighted by atomic mass is 10.0. The van der Waals surface area contributed by atoms with Crippen molar-refractivity contribution in [1.82, 2.24) is 0 Å². The molecule has 2 aromatic rings. The molecule has 21 heavy (non-hydrogen) atoms. The van der Waals surface area contributed by atoms with E-state index in [1.165, 1.54) is 0 Å². The zero-order valence-corrected chi connectivity index (χ0v) is 13.5. The van der Waals surface area contributed by atoms with Crippen molar-refractivity contribution in [2.45, 2.75) is 6.42 Å².